The highest BCUT2D eigenvalue weighted by atomic mass is 32.2. The predicted octanol–water partition coefficient (Wildman–Crippen LogP) is 2.59. The number of hydrogen-bond donors (Lipinski definition) is 1. The number of aryl methyl sites for hydroxylation is 2. The molecule has 1 fully saturated rings. The number of esters is 1. The number of nitrogens with one attached hydrogen (secondary N) is 1. The minimum absolute atomic E-state index is 0.0495. The molecule has 0 aliphatic carbocycles. The second-order valence-corrected chi connectivity index (χ2v) is 10.5. The van der Waals surface area contributed by atoms with E-state index in [-0.39, 0.29) is 23.7 Å². The molecule has 1 saturated heterocycles. The van der Waals surface area contributed by atoms with Gasteiger partial charge >= 0.3 is 5.97 Å². The van der Waals surface area contributed by atoms with Gasteiger partial charge in [0.25, 0.3) is 15.9 Å². The predicted molar refractivity (Wildman–Crippen MR) is 136 cm³/mol. The Kier molecular flexibility index (Phi) is 7.14. The molecule has 190 valence electrons. The summed E-state index contributed by atoms with van der Waals surface area (Å²) in [5, 5.41) is 6.52. The number of hydrogen-bond acceptors (Lipinski definition) is 7. The van der Waals surface area contributed by atoms with E-state index >= 15 is 0 Å². The lowest BCUT2D eigenvalue weighted by Gasteiger charge is -2.36. The number of carbonyl (C=O) groups is 2. The zero-order chi connectivity index (χ0) is 26.0. The van der Waals surface area contributed by atoms with Gasteiger partial charge in [-0.05, 0) is 55.3 Å². The van der Waals surface area contributed by atoms with E-state index < -0.39 is 21.9 Å². The van der Waals surface area contributed by atoms with Gasteiger partial charge in [0.1, 0.15) is 0 Å². The van der Waals surface area contributed by atoms with E-state index in [0.29, 0.717) is 24.3 Å². The Morgan fingerprint density at radius 2 is 1.67 bits per heavy atom. The Labute approximate surface area is 210 Å². The lowest BCUT2D eigenvalue weighted by molar-refractivity contribution is 0.0600. The van der Waals surface area contributed by atoms with Gasteiger partial charge in [-0.3, -0.25) is 9.48 Å². The van der Waals surface area contributed by atoms with Crippen LogP contribution in [0.3, 0.4) is 0 Å². The third-order valence-electron chi connectivity index (χ3n) is 6.34. The fourth-order valence-electron chi connectivity index (χ4n) is 4.19. The molecular formula is C25H29N5O5S. The van der Waals surface area contributed by atoms with E-state index in [1.165, 1.54) is 45.6 Å². The Morgan fingerprint density at radius 1 is 1.00 bits per heavy atom. The van der Waals surface area contributed by atoms with Crippen molar-refractivity contribution >= 4 is 33.3 Å². The molecule has 0 atom stereocenters. The Hall–Kier alpha value is -3.70. The van der Waals surface area contributed by atoms with E-state index in [4.69, 9.17) is 0 Å². The van der Waals surface area contributed by atoms with E-state index in [1.807, 2.05) is 12.1 Å². The number of amides is 1. The van der Waals surface area contributed by atoms with Gasteiger partial charge in [0.2, 0.25) is 5.03 Å². The summed E-state index contributed by atoms with van der Waals surface area (Å²) >= 11 is 0. The molecule has 3 aromatic rings. The third-order valence-corrected chi connectivity index (χ3v) is 8.18. The van der Waals surface area contributed by atoms with Gasteiger partial charge in [-0.2, -0.15) is 9.40 Å². The lowest BCUT2D eigenvalue weighted by atomic mass is 10.1. The summed E-state index contributed by atoms with van der Waals surface area (Å²) in [6, 6.07) is 12.2. The van der Waals surface area contributed by atoms with E-state index in [1.54, 1.807) is 19.2 Å². The molecule has 11 heteroatoms. The van der Waals surface area contributed by atoms with Gasteiger partial charge in [0.15, 0.2) is 0 Å². The van der Waals surface area contributed by atoms with Crippen LogP contribution in [0.1, 0.15) is 31.8 Å². The molecule has 2 heterocycles. The molecule has 0 saturated carbocycles. The number of methoxy groups -OCH3 is 1. The van der Waals surface area contributed by atoms with Crippen LogP contribution >= 0.6 is 0 Å². The summed E-state index contributed by atoms with van der Waals surface area (Å²) < 4.78 is 34.3. The quantitative estimate of drug-likeness (QED) is 0.506. The molecule has 10 nitrogen and oxygen atoms in total. The van der Waals surface area contributed by atoms with Crippen molar-refractivity contribution in [2.45, 2.75) is 18.9 Å². The number of carbonyl (C=O) groups excluding carboxylic acids is 2. The first-order chi connectivity index (χ1) is 17.1. The maximum atomic E-state index is 13.5. The first kappa shape index (κ1) is 25.4. The molecule has 4 rings (SSSR count). The van der Waals surface area contributed by atoms with Crippen LogP contribution in [0.15, 0.2) is 53.7 Å². The molecule has 2 aromatic carbocycles. The summed E-state index contributed by atoms with van der Waals surface area (Å²) in [5.41, 5.74) is 4.15. The molecule has 1 aromatic heterocycles. The Bertz CT molecular complexity index is 1390. The molecule has 1 aliphatic heterocycles. The summed E-state index contributed by atoms with van der Waals surface area (Å²) in [5.74, 6) is -1.10. The first-order valence-corrected chi connectivity index (χ1v) is 12.9. The van der Waals surface area contributed by atoms with Gasteiger partial charge in [-0.1, -0.05) is 12.1 Å². The van der Waals surface area contributed by atoms with Gasteiger partial charge < -0.3 is 15.0 Å². The zero-order valence-electron chi connectivity index (χ0n) is 20.7. The standard InChI is InChI=1S/C25H29N5O5S/c1-17-6-5-7-22(18(17)2)29-12-14-30(15-13-29)36(33,34)24-21(16-28(3)27-24)23(31)26-20-10-8-19(9-11-20)25(32)35-4/h5-11,16H,12-15H2,1-4H3,(H,26,31). The lowest BCUT2D eigenvalue weighted by Crippen LogP contribution is -2.49. The van der Waals surface area contributed by atoms with Gasteiger partial charge in [0.05, 0.1) is 18.2 Å². The second-order valence-electron chi connectivity index (χ2n) is 8.65. The SMILES string of the molecule is COC(=O)c1ccc(NC(=O)c2cn(C)nc2S(=O)(=O)N2CCN(c3cccc(C)c3C)CC2)cc1. The van der Waals surface area contributed by atoms with Crippen molar-refractivity contribution in [3.8, 4) is 0 Å². The summed E-state index contributed by atoms with van der Waals surface area (Å²) in [4.78, 5) is 26.8. The summed E-state index contributed by atoms with van der Waals surface area (Å²) in [7, 11) is -1.15. The molecule has 36 heavy (non-hydrogen) atoms. The van der Waals surface area contributed by atoms with Crippen molar-refractivity contribution in [1.29, 1.82) is 0 Å². The number of anilines is 2. The second kappa shape index (κ2) is 10.1. The highest BCUT2D eigenvalue weighted by Gasteiger charge is 2.34. The number of ether oxygens (including phenoxy) is 1. The molecule has 0 radical (unpaired) electrons. The van der Waals surface area contributed by atoms with Crippen molar-refractivity contribution in [2.24, 2.45) is 7.05 Å². The number of piperazine rings is 1. The summed E-state index contributed by atoms with van der Waals surface area (Å²) in [6.45, 7) is 5.75. The minimum atomic E-state index is -4.00. The highest BCUT2D eigenvalue weighted by molar-refractivity contribution is 7.89. The van der Waals surface area contributed by atoms with Crippen molar-refractivity contribution < 1.29 is 22.7 Å². The first-order valence-electron chi connectivity index (χ1n) is 11.5. The van der Waals surface area contributed by atoms with Crippen LogP contribution in [0.2, 0.25) is 0 Å². The monoisotopic (exact) mass is 511 g/mol. The Morgan fingerprint density at radius 3 is 2.31 bits per heavy atom. The molecule has 1 N–H and O–H groups in total. The van der Waals surface area contributed by atoms with E-state index in [2.05, 4.69) is 40.0 Å². The average molecular weight is 512 g/mol. The molecule has 0 unspecified atom stereocenters. The van der Waals surface area contributed by atoms with Crippen molar-refractivity contribution in [3.63, 3.8) is 0 Å². The molecule has 0 bridgehead atoms. The fourth-order valence-corrected chi connectivity index (χ4v) is 5.73. The van der Waals surface area contributed by atoms with Crippen molar-refractivity contribution in [3.05, 3.63) is 70.9 Å². The van der Waals surface area contributed by atoms with Crippen LogP contribution in [0.4, 0.5) is 11.4 Å². The van der Waals surface area contributed by atoms with Crippen molar-refractivity contribution in [1.82, 2.24) is 14.1 Å². The van der Waals surface area contributed by atoms with E-state index in [9.17, 15) is 18.0 Å². The largest absolute Gasteiger partial charge is 0.465 e. The summed E-state index contributed by atoms with van der Waals surface area (Å²) in [6.07, 6.45) is 1.39. The maximum absolute atomic E-state index is 13.5. The van der Waals surface area contributed by atoms with Gasteiger partial charge in [-0.25, -0.2) is 13.2 Å². The van der Waals surface area contributed by atoms with E-state index in [0.717, 1.165) is 5.69 Å². The molecule has 1 amide bonds. The zero-order valence-corrected chi connectivity index (χ0v) is 21.5. The molecular weight excluding hydrogens is 482 g/mol. The van der Waals surface area contributed by atoms with Crippen LogP contribution in [-0.4, -0.2) is 67.7 Å². The van der Waals surface area contributed by atoms with Crippen LogP contribution in [0.5, 0.6) is 0 Å². The number of aromatic nitrogens is 2. The normalized spacial score (nSPS) is 14.5. The number of benzene rings is 2. The maximum Gasteiger partial charge on any atom is 0.337 e. The van der Waals surface area contributed by atoms with Crippen LogP contribution in [0, 0.1) is 13.8 Å². The van der Waals surface area contributed by atoms with Gasteiger partial charge in [-0.15, -0.1) is 0 Å². The van der Waals surface area contributed by atoms with Crippen LogP contribution in [0.25, 0.3) is 0 Å². The van der Waals surface area contributed by atoms with Crippen LogP contribution in [-0.2, 0) is 21.8 Å². The molecule has 1 aliphatic rings. The third kappa shape index (κ3) is 4.98. The smallest absolute Gasteiger partial charge is 0.337 e. The molecule has 0 spiro atoms. The number of nitrogens with zero attached hydrogens (tertiary/aromatic N) is 4. The minimum Gasteiger partial charge on any atom is -0.465 e. The Balaban J connectivity index is 1.50. The highest BCUT2D eigenvalue weighted by Crippen LogP contribution is 2.26. The number of rotatable bonds is 6. The van der Waals surface area contributed by atoms with Gasteiger partial charge in [0, 0.05) is 50.8 Å². The number of sulfonamides is 1. The average Bonchev–Trinajstić information content (AvgIpc) is 3.28. The fraction of sp³-hybridized carbons (Fsp3) is 0.320. The topological polar surface area (TPSA) is 114 Å². The van der Waals surface area contributed by atoms with Crippen molar-refractivity contribution in [2.75, 3.05) is 43.5 Å². The van der Waals surface area contributed by atoms with Crippen LogP contribution < -0.4 is 10.2 Å².